The molecule has 1 aromatic rings. The van der Waals surface area contributed by atoms with Crippen molar-refractivity contribution in [1.29, 1.82) is 0 Å². The predicted octanol–water partition coefficient (Wildman–Crippen LogP) is 2.89. The highest BCUT2D eigenvalue weighted by Gasteiger charge is 2.17. The normalized spacial score (nSPS) is 12.1. The molecule has 0 bridgehead atoms. The lowest BCUT2D eigenvalue weighted by molar-refractivity contribution is -0.130. The van der Waals surface area contributed by atoms with Gasteiger partial charge in [0.2, 0.25) is 5.91 Å². The number of nitrogens with zero attached hydrogens (tertiary/aromatic N) is 1. The van der Waals surface area contributed by atoms with Crippen molar-refractivity contribution >= 4 is 28.8 Å². The fraction of sp³-hybridized carbons (Fsp3) is 0.364. The van der Waals surface area contributed by atoms with Crippen LogP contribution in [0.4, 0.5) is 0 Å². The molecule has 0 spiro atoms. The van der Waals surface area contributed by atoms with Crippen LogP contribution in [-0.2, 0) is 11.3 Å². The molecule has 4 heteroatoms. The zero-order chi connectivity index (χ0) is 11.3. The second-order valence-electron chi connectivity index (χ2n) is 3.20. The number of amides is 1. The van der Waals surface area contributed by atoms with Crippen LogP contribution >= 0.6 is 22.9 Å². The third kappa shape index (κ3) is 3.68. The van der Waals surface area contributed by atoms with E-state index in [2.05, 4.69) is 6.58 Å². The summed E-state index contributed by atoms with van der Waals surface area (Å²) in [5.41, 5.74) is 0. The first-order chi connectivity index (χ1) is 7.15. The number of thiophene rings is 1. The van der Waals surface area contributed by atoms with E-state index in [-0.39, 0.29) is 5.91 Å². The van der Waals surface area contributed by atoms with Gasteiger partial charge in [-0.05, 0) is 18.4 Å². The van der Waals surface area contributed by atoms with E-state index in [0.717, 1.165) is 4.88 Å². The minimum absolute atomic E-state index is 0.0510. The van der Waals surface area contributed by atoms with E-state index in [0.29, 0.717) is 13.1 Å². The van der Waals surface area contributed by atoms with Gasteiger partial charge in [-0.1, -0.05) is 12.1 Å². The molecule has 15 heavy (non-hydrogen) atoms. The Hall–Kier alpha value is -0.800. The van der Waals surface area contributed by atoms with E-state index in [1.807, 2.05) is 17.5 Å². The zero-order valence-electron chi connectivity index (χ0n) is 8.65. The number of hydrogen-bond donors (Lipinski definition) is 0. The van der Waals surface area contributed by atoms with Gasteiger partial charge in [0.1, 0.15) is 5.38 Å². The molecule has 0 radical (unpaired) electrons. The lowest BCUT2D eigenvalue weighted by Crippen LogP contribution is -2.35. The smallest absolute Gasteiger partial charge is 0.240 e. The highest BCUT2D eigenvalue weighted by atomic mass is 35.5. The number of rotatable bonds is 5. The quantitative estimate of drug-likeness (QED) is 0.575. The van der Waals surface area contributed by atoms with Crippen molar-refractivity contribution in [2.24, 2.45) is 0 Å². The average molecular weight is 244 g/mol. The van der Waals surface area contributed by atoms with E-state index >= 15 is 0 Å². The average Bonchev–Trinajstić information content (AvgIpc) is 2.68. The third-order valence-corrected chi connectivity index (χ3v) is 2.98. The number of hydrogen-bond acceptors (Lipinski definition) is 2. The number of carbonyl (C=O) groups is 1. The van der Waals surface area contributed by atoms with E-state index in [9.17, 15) is 4.79 Å². The topological polar surface area (TPSA) is 20.3 Å². The summed E-state index contributed by atoms with van der Waals surface area (Å²) in [5, 5.41) is 1.51. The first-order valence-electron chi connectivity index (χ1n) is 4.71. The third-order valence-electron chi connectivity index (χ3n) is 1.93. The largest absolute Gasteiger partial charge is 0.333 e. The van der Waals surface area contributed by atoms with Crippen molar-refractivity contribution in [3.05, 3.63) is 35.0 Å². The fourth-order valence-electron chi connectivity index (χ4n) is 1.23. The highest BCUT2D eigenvalue weighted by molar-refractivity contribution is 7.09. The first kappa shape index (κ1) is 12.3. The van der Waals surface area contributed by atoms with Crippen LogP contribution in [0, 0.1) is 0 Å². The van der Waals surface area contributed by atoms with Crippen molar-refractivity contribution in [3.63, 3.8) is 0 Å². The number of halogens is 1. The van der Waals surface area contributed by atoms with Crippen molar-refractivity contribution in [3.8, 4) is 0 Å². The van der Waals surface area contributed by atoms with Gasteiger partial charge >= 0.3 is 0 Å². The van der Waals surface area contributed by atoms with Crippen LogP contribution in [0.1, 0.15) is 11.8 Å². The van der Waals surface area contributed by atoms with Crippen molar-refractivity contribution in [1.82, 2.24) is 4.90 Å². The van der Waals surface area contributed by atoms with Gasteiger partial charge in [0.15, 0.2) is 0 Å². The van der Waals surface area contributed by atoms with Crippen LogP contribution in [0.3, 0.4) is 0 Å². The number of alkyl halides is 1. The molecule has 0 fully saturated rings. The summed E-state index contributed by atoms with van der Waals surface area (Å²) >= 11 is 7.41. The van der Waals surface area contributed by atoms with E-state index in [1.165, 1.54) is 0 Å². The SMILES string of the molecule is C=CCN(Cc1cccs1)C(=O)[C@H](C)Cl. The second kappa shape index (κ2) is 5.93. The predicted molar refractivity (Wildman–Crippen MR) is 65.2 cm³/mol. The van der Waals surface area contributed by atoms with Gasteiger partial charge in [-0.25, -0.2) is 0 Å². The van der Waals surface area contributed by atoms with E-state index in [1.54, 1.807) is 29.2 Å². The molecular weight excluding hydrogens is 230 g/mol. The van der Waals surface area contributed by atoms with Crippen LogP contribution < -0.4 is 0 Å². The molecule has 1 rings (SSSR count). The molecule has 1 aromatic heterocycles. The van der Waals surface area contributed by atoms with Crippen LogP contribution in [0.25, 0.3) is 0 Å². The standard InChI is InChI=1S/C11H14ClNOS/c1-3-6-13(11(14)9(2)12)8-10-5-4-7-15-10/h3-5,7,9H,1,6,8H2,2H3/t9-/m0/s1. The van der Waals surface area contributed by atoms with Gasteiger partial charge in [-0.3, -0.25) is 4.79 Å². The van der Waals surface area contributed by atoms with Gasteiger partial charge < -0.3 is 4.90 Å². The molecule has 0 aliphatic carbocycles. The van der Waals surface area contributed by atoms with Gasteiger partial charge in [-0.2, -0.15) is 0 Å². The molecule has 2 nitrogen and oxygen atoms in total. The van der Waals surface area contributed by atoms with Gasteiger partial charge in [0.25, 0.3) is 0 Å². The molecule has 1 amide bonds. The Morgan fingerprint density at radius 3 is 3.00 bits per heavy atom. The van der Waals surface area contributed by atoms with Crippen LogP contribution in [0.5, 0.6) is 0 Å². The summed E-state index contributed by atoms with van der Waals surface area (Å²) in [6.45, 7) is 6.47. The minimum atomic E-state index is -0.482. The molecule has 1 atom stereocenters. The summed E-state index contributed by atoms with van der Waals surface area (Å²) in [6.07, 6.45) is 1.71. The molecular formula is C11H14ClNOS. The summed E-state index contributed by atoms with van der Waals surface area (Å²) in [5.74, 6) is -0.0510. The van der Waals surface area contributed by atoms with Crippen LogP contribution in [-0.4, -0.2) is 22.7 Å². The Morgan fingerprint density at radius 2 is 2.53 bits per heavy atom. The monoisotopic (exact) mass is 243 g/mol. The molecule has 82 valence electrons. The molecule has 1 heterocycles. The molecule has 0 aromatic carbocycles. The highest BCUT2D eigenvalue weighted by Crippen LogP contribution is 2.13. The van der Waals surface area contributed by atoms with Crippen molar-refractivity contribution in [2.75, 3.05) is 6.54 Å². The number of carbonyl (C=O) groups excluding carboxylic acids is 1. The van der Waals surface area contributed by atoms with Gasteiger partial charge in [0, 0.05) is 11.4 Å². The fourth-order valence-corrected chi connectivity index (χ4v) is 2.09. The van der Waals surface area contributed by atoms with E-state index < -0.39 is 5.38 Å². The molecule has 0 aliphatic heterocycles. The summed E-state index contributed by atoms with van der Waals surface area (Å²) in [7, 11) is 0. The Bertz CT molecular complexity index is 321. The minimum Gasteiger partial charge on any atom is -0.333 e. The molecule has 0 saturated heterocycles. The Kier molecular flexibility index (Phi) is 4.85. The van der Waals surface area contributed by atoms with Gasteiger partial charge in [0.05, 0.1) is 6.54 Å². The maximum Gasteiger partial charge on any atom is 0.240 e. The Labute approximate surface area is 99.2 Å². The zero-order valence-corrected chi connectivity index (χ0v) is 10.2. The summed E-state index contributed by atoms with van der Waals surface area (Å²) in [6, 6.07) is 3.98. The van der Waals surface area contributed by atoms with E-state index in [4.69, 9.17) is 11.6 Å². The Balaban J connectivity index is 2.66. The maximum atomic E-state index is 11.7. The van der Waals surface area contributed by atoms with Crippen molar-refractivity contribution < 1.29 is 4.79 Å². The molecule has 0 saturated carbocycles. The molecule has 0 unspecified atom stereocenters. The summed E-state index contributed by atoms with van der Waals surface area (Å²) < 4.78 is 0. The lowest BCUT2D eigenvalue weighted by atomic mass is 10.3. The maximum absolute atomic E-state index is 11.7. The van der Waals surface area contributed by atoms with Crippen LogP contribution in [0.2, 0.25) is 0 Å². The van der Waals surface area contributed by atoms with Gasteiger partial charge in [-0.15, -0.1) is 29.5 Å². The molecule has 0 N–H and O–H groups in total. The second-order valence-corrected chi connectivity index (χ2v) is 4.89. The Morgan fingerprint density at radius 1 is 1.80 bits per heavy atom. The summed E-state index contributed by atoms with van der Waals surface area (Å²) in [4.78, 5) is 14.6. The van der Waals surface area contributed by atoms with Crippen LogP contribution in [0.15, 0.2) is 30.2 Å². The lowest BCUT2D eigenvalue weighted by Gasteiger charge is -2.21. The van der Waals surface area contributed by atoms with Crippen molar-refractivity contribution in [2.45, 2.75) is 18.8 Å². The molecule has 0 aliphatic rings. The first-order valence-corrected chi connectivity index (χ1v) is 6.03.